The first-order valence-corrected chi connectivity index (χ1v) is 12.6. The summed E-state index contributed by atoms with van der Waals surface area (Å²) in [5.41, 5.74) is 0.969. The van der Waals surface area contributed by atoms with Crippen LogP contribution in [0.4, 0.5) is 0 Å². The second-order valence-corrected chi connectivity index (χ2v) is 10.0. The molecule has 0 unspecified atom stereocenters. The van der Waals surface area contributed by atoms with E-state index in [1.54, 1.807) is 17.0 Å². The molecule has 0 aromatic heterocycles. The normalized spacial score (nSPS) is 15.0. The molecule has 0 radical (unpaired) electrons. The summed E-state index contributed by atoms with van der Waals surface area (Å²) in [4.78, 5) is 16.7. The Morgan fingerprint density at radius 2 is 1.76 bits per heavy atom. The molecular formula is C23H30ClN3O5S. The Morgan fingerprint density at radius 1 is 1.06 bits per heavy atom. The van der Waals surface area contributed by atoms with Crippen LogP contribution in [0.1, 0.15) is 12.5 Å². The standard InChI is InChI=1S/C23H30ClN3O5S/c1-4-25(16-18-7-5-6-8-20(18)24)17-23(28)26-11-13-27(14-12-26)33(29,30)22-15-19(31-2)9-10-21(22)32-3/h5-10,15H,4,11-14,16-17H2,1-3H3. The van der Waals surface area contributed by atoms with Crippen molar-refractivity contribution in [2.24, 2.45) is 0 Å². The molecule has 180 valence electrons. The van der Waals surface area contributed by atoms with Gasteiger partial charge in [0.15, 0.2) is 0 Å². The number of sulfonamides is 1. The van der Waals surface area contributed by atoms with Crippen molar-refractivity contribution < 1.29 is 22.7 Å². The van der Waals surface area contributed by atoms with Crippen LogP contribution in [0.25, 0.3) is 0 Å². The minimum Gasteiger partial charge on any atom is -0.497 e. The van der Waals surface area contributed by atoms with Gasteiger partial charge in [-0.25, -0.2) is 8.42 Å². The number of amides is 1. The second-order valence-electron chi connectivity index (χ2n) is 7.70. The van der Waals surface area contributed by atoms with Crippen LogP contribution in [0, 0.1) is 0 Å². The first-order chi connectivity index (χ1) is 15.8. The summed E-state index contributed by atoms with van der Waals surface area (Å²) in [7, 11) is -0.884. The van der Waals surface area contributed by atoms with Crippen LogP contribution in [0.2, 0.25) is 5.02 Å². The summed E-state index contributed by atoms with van der Waals surface area (Å²) in [6.45, 7) is 4.60. The third-order valence-electron chi connectivity index (χ3n) is 5.74. The van der Waals surface area contributed by atoms with Crippen molar-refractivity contribution in [3.05, 3.63) is 53.1 Å². The lowest BCUT2D eigenvalue weighted by atomic mass is 10.2. The highest BCUT2D eigenvalue weighted by molar-refractivity contribution is 7.89. The smallest absolute Gasteiger partial charge is 0.247 e. The molecule has 0 N–H and O–H groups in total. The molecule has 3 rings (SSSR count). The zero-order valence-corrected chi connectivity index (χ0v) is 20.7. The lowest BCUT2D eigenvalue weighted by Gasteiger charge is -2.35. The van der Waals surface area contributed by atoms with Gasteiger partial charge in [0.25, 0.3) is 0 Å². The Morgan fingerprint density at radius 3 is 2.36 bits per heavy atom. The molecule has 1 saturated heterocycles. The minimum atomic E-state index is -3.79. The van der Waals surface area contributed by atoms with E-state index >= 15 is 0 Å². The van der Waals surface area contributed by atoms with E-state index in [9.17, 15) is 13.2 Å². The molecule has 1 aliphatic heterocycles. The molecule has 8 nitrogen and oxygen atoms in total. The average molecular weight is 496 g/mol. The summed E-state index contributed by atoms with van der Waals surface area (Å²) in [5.74, 6) is 0.661. The number of piperazine rings is 1. The molecule has 0 bridgehead atoms. The fourth-order valence-electron chi connectivity index (χ4n) is 3.74. The van der Waals surface area contributed by atoms with Crippen molar-refractivity contribution in [3.63, 3.8) is 0 Å². The number of ether oxygens (including phenoxy) is 2. The van der Waals surface area contributed by atoms with Crippen LogP contribution < -0.4 is 9.47 Å². The fourth-order valence-corrected chi connectivity index (χ4v) is 5.53. The van der Waals surface area contributed by atoms with Gasteiger partial charge < -0.3 is 14.4 Å². The summed E-state index contributed by atoms with van der Waals surface area (Å²) in [6.07, 6.45) is 0. The van der Waals surface area contributed by atoms with E-state index in [0.29, 0.717) is 37.0 Å². The molecule has 0 atom stereocenters. The van der Waals surface area contributed by atoms with Crippen LogP contribution >= 0.6 is 11.6 Å². The molecule has 1 aliphatic rings. The first-order valence-electron chi connectivity index (χ1n) is 10.8. The minimum absolute atomic E-state index is 0.0279. The molecule has 1 fully saturated rings. The third kappa shape index (κ3) is 5.97. The van der Waals surface area contributed by atoms with Gasteiger partial charge in [-0.15, -0.1) is 0 Å². The predicted molar refractivity (Wildman–Crippen MR) is 127 cm³/mol. The Bertz CT molecular complexity index is 1070. The number of hydrogen-bond acceptors (Lipinski definition) is 6. The van der Waals surface area contributed by atoms with Gasteiger partial charge in [-0.2, -0.15) is 4.31 Å². The second kappa shape index (κ2) is 11.2. The Balaban J connectivity index is 1.63. The molecule has 33 heavy (non-hydrogen) atoms. The third-order valence-corrected chi connectivity index (χ3v) is 8.03. The number of methoxy groups -OCH3 is 2. The summed E-state index contributed by atoms with van der Waals surface area (Å²) in [6, 6.07) is 12.3. The van der Waals surface area contributed by atoms with E-state index in [4.69, 9.17) is 21.1 Å². The van der Waals surface area contributed by atoms with E-state index in [1.807, 2.05) is 36.1 Å². The highest BCUT2D eigenvalue weighted by Gasteiger charge is 2.32. The highest BCUT2D eigenvalue weighted by Crippen LogP contribution is 2.31. The summed E-state index contributed by atoms with van der Waals surface area (Å²) < 4.78 is 38.3. The van der Waals surface area contributed by atoms with Gasteiger partial charge in [0.05, 0.1) is 20.8 Å². The van der Waals surface area contributed by atoms with Crippen molar-refractivity contribution >= 4 is 27.5 Å². The molecule has 2 aromatic rings. The van der Waals surface area contributed by atoms with Crippen molar-refractivity contribution in [2.75, 3.05) is 53.5 Å². The van der Waals surface area contributed by atoms with Crippen LogP contribution in [0.3, 0.4) is 0 Å². The number of carbonyl (C=O) groups excluding carboxylic acids is 1. The van der Waals surface area contributed by atoms with Crippen molar-refractivity contribution in [3.8, 4) is 11.5 Å². The van der Waals surface area contributed by atoms with Crippen LogP contribution in [-0.4, -0.2) is 81.9 Å². The zero-order chi connectivity index (χ0) is 24.0. The van der Waals surface area contributed by atoms with E-state index in [0.717, 1.165) is 5.56 Å². The maximum atomic E-state index is 13.2. The van der Waals surface area contributed by atoms with E-state index in [2.05, 4.69) is 0 Å². The maximum absolute atomic E-state index is 13.2. The number of carbonyl (C=O) groups is 1. The Hall–Kier alpha value is -2.33. The average Bonchev–Trinajstić information content (AvgIpc) is 2.84. The van der Waals surface area contributed by atoms with Gasteiger partial charge in [-0.3, -0.25) is 9.69 Å². The zero-order valence-electron chi connectivity index (χ0n) is 19.2. The van der Waals surface area contributed by atoms with Crippen LogP contribution in [0.5, 0.6) is 11.5 Å². The number of halogens is 1. The molecule has 0 aliphatic carbocycles. The van der Waals surface area contributed by atoms with Gasteiger partial charge in [-0.1, -0.05) is 36.7 Å². The maximum Gasteiger partial charge on any atom is 0.247 e. The summed E-state index contributed by atoms with van der Waals surface area (Å²) in [5, 5.41) is 0.676. The molecule has 1 heterocycles. The van der Waals surface area contributed by atoms with Crippen molar-refractivity contribution in [2.45, 2.75) is 18.4 Å². The molecular weight excluding hydrogens is 466 g/mol. The van der Waals surface area contributed by atoms with Gasteiger partial charge in [-0.05, 0) is 30.3 Å². The van der Waals surface area contributed by atoms with Crippen molar-refractivity contribution in [1.29, 1.82) is 0 Å². The number of likely N-dealkylation sites (N-methyl/N-ethyl adjacent to an activating group) is 1. The lowest BCUT2D eigenvalue weighted by molar-refractivity contribution is -0.133. The fraction of sp³-hybridized carbons (Fsp3) is 0.435. The monoisotopic (exact) mass is 495 g/mol. The Kier molecular flexibility index (Phi) is 8.58. The van der Waals surface area contributed by atoms with Gasteiger partial charge in [0.1, 0.15) is 16.4 Å². The largest absolute Gasteiger partial charge is 0.497 e. The molecule has 0 spiro atoms. The van der Waals surface area contributed by atoms with Gasteiger partial charge in [0, 0.05) is 43.8 Å². The lowest BCUT2D eigenvalue weighted by Crippen LogP contribution is -2.52. The van der Waals surface area contributed by atoms with Gasteiger partial charge in [0.2, 0.25) is 15.9 Å². The highest BCUT2D eigenvalue weighted by atomic mass is 35.5. The topological polar surface area (TPSA) is 79.4 Å². The molecule has 10 heteroatoms. The number of rotatable bonds is 9. The van der Waals surface area contributed by atoms with E-state index in [-0.39, 0.29) is 36.2 Å². The van der Waals surface area contributed by atoms with Gasteiger partial charge >= 0.3 is 0 Å². The quantitative estimate of drug-likeness (QED) is 0.532. The summed E-state index contributed by atoms with van der Waals surface area (Å²) >= 11 is 6.26. The van der Waals surface area contributed by atoms with E-state index in [1.165, 1.54) is 24.6 Å². The first kappa shape index (κ1) is 25.3. The van der Waals surface area contributed by atoms with E-state index < -0.39 is 10.0 Å². The van der Waals surface area contributed by atoms with Crippen LogP contribution in [-0.2, 0) is 21.4 Å². The number of benzene rings is 2. The van der Waals surface area contributed by atoms with Crippen LogP contribution in [0.15, 0.2) is 47.4 Å². The SMILES string of the molecule is CCN(CC(=O)N1CCN(S(=O)(=O)c2cc(OC)ccc2OC)CC1)Cc1ccccc1Cl. The van der Waals surface area contributed by atoms with Crippen molar-refractivity contribution in [1.82, 2.24) is 14.1 Å². The number of hydrogen-bond donors (Lipinski definition) is 0. The number of nitrogens with zero attached hydrogens (tertiary/aromatic N) is 3. The Labute approximate surface area is 200 Å². The predicted octanol–water partition coefficient (Wildman–Crippen LogP) is 2.71. The molecule has 0 saturated carbocycles. The molecule has 1 amide bonds. The molecule has 2 aromatic carbocycles.